The second-order valence-corrected chi connectivity index (χ2v) is 9.21. The summed E-state index contributed by atoms with van der Waals surface area (Å²) >= 11 is 0. The lowest BCUT2D eigenvalue weighted by atomic mass is 10.1. The molecule has 0 saturated heterocycles. The van der Waals surface area contributed by atoms with Gasteiger partial charge in [0.05, 0.1) is 24.3 Å². The highest BCUT2D eigenvalue weighted by Gasteiger charge is 2.48. The number of hydrogen-bond donors (Lipinski definition) is 0. The Morgan fingerprint density at radius 3 is 1.81 bits per heavy atom. The van der Waals surface area contributed by atoms with E-state index in [1.807, 2.05) is 20.8 Å². The molecule has 42 heavy (non-hydrogen) atoms. The van der Waals surface area contributed by atoms with Crippen LogP contribution in [0.4, 0.5) is 0 Å². The zero-order valence-electron chi connectivity index (χ0n) is 24.1. The van der Waals surface area contributed by atoms with Crippen molar-refractivity contribution in [3.63, 3.8) is 0 Å². The van der Waals surface area contributed by atoms with Crippen LogP contribution in [0.1, 0.15) is 67.2 Å². The molecule has 4 rings (SSSR count). The van der Waals surface area contributed by atoms with Crippen molar-refractivity contribution in [2.75, 3.05) is 13.2 Å². The van der Waals surface area contributed by atoms with Gasteiger partial charge in [0.25, 0.3) is 0 Å². The van der Waals surface area contributed by atoms with Gasteiger partial charge in [0.15, 0.2) is 0 Å². The van der Waals surface area contributed by atoms with Crippen LogP contribution >= 0.6 is 0 Å². The van der Waals surface area contributed by atoms with Gasteiger partial charge in [0.1, 0.15) is 23.0 Å². The predicted molar refractivity (Wildman–Crippen MR) is 155 cm³/mol. The average Bonchev–Trinajstić information content (AvgIpc) is 3.82. The quantitative estimate of drug-likeness (QED) is 0.0885. The molecule has 0 aromatic heterocycles. The van der Waals surface area contributed by atoms with Crippen LogP contribution in [0.3, 0.4) is 0 Å². The van der Waals surface area contributed by atoms with Gasteiger partial charge in [-0.2, -0.15) is 0 Å². The summed E-state index contributed by atoms with van der Waals surface area (Å²) < 4.78 is 26.9. The Balaban J connectivity index is 0.00000237. The van der Waals surface area contributed by atoms with E-state index in [4.69, 9.17) is 23.7 Å². The summed E-state index contributed by atoms with van der Waals surface area (Å²) in [5, 5.41) is 0. The molecule has 0 bridgehead atoms. The van der Waals surface area contributed by atoms with Crippen LogP contribution in [0.15, 0.2) is 84.9 Å². The molecule has 0 heterocycles. The molecule has 0 aliphatic heterocycles. The molecular weight excluding hydrogens is 540 g/mol. The van der Waals surface area contributed by atoms with Crippen molar-refractivity contribution in [1.29, 1.82) is 0 Å². The molecule has 2 atom stereocenters. The number of allylic oxidation sites excluding steroid dienone is 4. The molecule has 2 aromatic rings. The molecule has 0 spiro atoms. The van der Waals surface area contributed by atoms with E-state index in [0.29, 0.717) is 66.4 Å². The third kappa shape index (κ3) is 9.19. The van der Waals surface area contributed by atoms with E-state index >= 15 is 0 Å². The van der Waals surface area contributed by atoms with Gasteiger partial charge in [-0.15, -0.1) is 0 Å². The van der Waals surface area contributed by atoms with Crippen molar-refractivity contribution in [1.82, 2.24) is 0 Å². The number of ether oxygens (including phenoxy) is 5. The second kappa shape index (κ2) is 16.0. The van der Waals surface area contributed by atoms with E-state index in [9.17, 15) is 19.2 Å². The van der Waals surface area contributed by atoms with Gasteiger partial charge in [0, 0.05) is 30.8 Å². The van der Waals surface area contributed by atoms with Crippen LogP contribution < -0.4 is 9.47 Å². The van der Waals surface area contributed by atoms with Crippen molar-refractivity contribution >= 4 is 23.9 Å². The van der Waals surface area contributed by atoms with E-state index in [-0.39, 0.29) is 24.4 Å². The smallest absolute Gasteiger partial charge is 0.343 e. The predicted octanol–water partition coefficient (Wildman–Crippen LogP) is 6.35. The third-order valence-electron chi connectivity index (χ3n) is 6.19. The summed E-state index contributed by atoms with van der Waals surface area (Å²) in [6, 6.07) is 12.8. The van der Waals surface area contributed by atoms with Gasteiger partial charge in [0.2, 0.25) is 0 Å². The Bertz CT molecular complexity index is 1320. The van der Waals surface area contributed by atoms with E-state index in [0.717, 1.165) is 6.08 Å². The van der Waals surface area contributed by atoms with Crippen LogP contribution in [-0.2, 0) is 23.8 Å². The number of fused-ring (bicyclic) bond motifs is 1. The number of carbonyl (C=O) groups excluding carboxylic acids is 4. The summed E-state index contributed by atoms with van der Waals surface area (Å²) in [7, 11) is 0. The largest absolute Gasteiger partial charge is 0.493 e. The maximum absolute atomic E-state index is 12.7. The van der Waals surface area contributed by atoms with Crippen molar-refractivity contribution in [2.45, 2.75) is 46.5 Å². The zero-order chi connectivity index (χ0) is 30.5. The topological polar surface area (TPSA) is 114 Å². The van der Waals surface area contributed by atoms with Crippen molar-refractivity contribution in [3.8, 4) is 11.5 Å². The first-order valence-corrected chi connectivity index (χ1v) is 14.1. The number of carbonyl (C=O) groups is 4. The van der Waals surface area contributed by atoms with Gasteiger partial charge in [-0.3, -0.25) is 4.79 Å². The molecule has 1 saturated carbocycles. The molecule has 2 aliphatic carbocycles. The molecule has 9 nitrogen and oxygen atoms in total. The van der Waals surface area contributed by atoms with Gasteiger partial charge in [-0.05, 0) is 73.5 Å². The maximum Gasteiger partial charge on any atom is 0.343 e. The van der Waals surface area contributed by atoms with E-state index < -0.39 is 17.9 Å². The normalized spacial score (nSPS) is 16.2. The average molecular weight is 577 g/mol. The SMILES string of the molecule is C=CC(=O)OCCCOc1ccc(C(=O)OC2=CC=C(OC(=O)c3ccc(OC(=O)CCC)cc3)C3CC23)cc1.CC. The molecule has 2 aliphatic rings. The summed E-state index contributed by atoms with van der Waals surface area (Å²) in [4.78, 5) is 47.9. The molecule has 2 aromatic carbocycles. The molecule has 0 N–H and O–H groups in total. The molecule has 0 amide bonds. The maximum atomic E-state index is 12.7. The molecule has 9 heteroatoms. The molecular formula is C33H36O9. The fourth-order valence-corrected chi connectivity index (χ4v) is 4.00. The number of esters is 4. The van der Waals surface area contributed by atoms with E-state index in [1.54, 1.807) is 60.7 Å². The highest BCUT2D eigenvalue weighted by Crippen LogP contribution is 2.52. The Hall–Kier alpha value is -4.66. The van der Waals surface area contributed by atoms with Crippen LogP contribution in [-0.4, -0.2) is 37.1 Å². The summed E-state index contributed by atoms with van der Waals surface area (Å²) in [5.41, 5.74) is 0.702. The van der Waals surface area contributed by atoms with Crippen LogP contribution in [0, 0.1) is 11.8 Å². The molecule has 222 valence electrons. The standard InChI is InChI=1S/C31H30O9.C2H6/c1-3-6-29(33)38-23-13-9-21(10-14-23)31(35)40-27-16-15-26(24-19-25(24)27)39-30(34)20-7-11-22(12-8-20)36-17-5-18-37-28(32)4-2;1-2/h4,7-16,24-25H,2-3,5-6,17-19H2,1H3;1-2H3. The number of hydrogen-bond acceptors (Lipinski definition) is 9. The summed E-state index contributed by atoms with van der Waals surface area (Å²) in [6.07, 6.45) is 6.66. The monoisotopic (exact) mass is 576 g/mol. The number of benzene rings is 2. The summed E-state index contributed by atoms with van der Waals surface area (Å²) in [5.74, 6) is 0.124. The fraction of sp³-hybridized carbons (Fsp3) is 0.333. The first kappa shape index (κ1) is 31.9. The second-order valence-electron chi connectivity index (χ2n) is 9.21. The van der Waals surface area contributed by atoms with Gasteiger partial charge >= 0.3 is 23.9 Å². The molecule has 1 fully saturated rings. The minimum Gasteiger partial charge on any atom is -0.493 e. The van der Waals surface area contributed by atoms with Gasteiger partial charge in [-0.25, -0.2) is 14.4 Å². The molecule has 0 radical (unpaired) electrons. The lowest BCUT2D eigenvalue weighted by Gasteiger charge is -2.15. The lowest BCUT2D eigenvalue weighted by Crippen LogP contribution is -2.12. The third-order valence-corrected chi connectivity index (χ3v) is 6.19. The van der Waals surface area contributed by atoms with E-state index in [2.05, 4.69) is 6.58 Å². The summed E-state index contributed by atoms with van der Waals surface area (Å²) in [6.45, 7) is 9.80. The fourth-order valence-electron chi connectivity index (χ4n) is 4.00. The van der Waals surface area contributed by atoms with Crippen LogP contribution in [0.25, 0.3) is 0 Å². The van der Waals surface area contributed by atoms with Crippen molar-refractivity contribution < 1.29 is 42.9 Å². The first-order valence-electron chi connectivity index (χ1n) is 14.1. The van der Waals surface area contributed by atoms with Crippen LogP contribution in [0.2, 0.25) is 0 Å². The first-order chi connectivity index (χ1) is 20.4. The van der Waals surface area contributed by atoms with Crippen molar-refractivity contribution in [2.24, 2.45) is 11.8 Å². The highest BCUT2D eigenvalue weighted by atomic mass is 16.6. The van der Waals surface area contributed by atoms with Crippen LogP contribution in [0.5, 0.6) is 11.5 Å². The Kier molecular flexibility index (Phi) is 12.1. The number of rotatable bonds is 13. The minimum atomic E-state index is -0.516. The van der Waals surface area contributed by atoms with E-state index in [1.165, 1.54) is 0 Å². The Labute approximate surface area is 245 Å². The Morgan fingerprint density at radius 2 is 1.31 bits per heavy atom. The van der Waals surface area contributed by atoms with Gasteiger partial charge in [-0.1, -0.05) is 27.4 Å². The lowest BCUT2D eigenvalue weighted by molar-refractivity contribution is -0.138. The molecule has 2 unspecified atom stereocenters. The van der Waals surface area contributed by atoms with Gasteiger partial charge < -0.3 is 23.7 Å². The highest BCUT2D eigenvalue weighted by molar-refractivity contribution is 5.91. The van der Waals surface area contributed by atoms with Crippen molar-refractivity contribution in [3.05, 3.63) is 96.0 Å². The minimum absolute atomic E-state index is 0.0325. The Morgan fingerprint density at radius 1 is 0.786 bits per heavy atom. The zero-order valence-corrected chi connectivity index (χ0v) is 24.1.